The topological polar surface area (TPSA) is 60.9 Å². The molecule has 3 rings (SSSR count). The summed E-state index contributed by atoms with van der Waals surface area (Å²) in [6.45, 7) is 3.91. The first-order valence-electron chi connectivity index (χ1n) is 11.9. The first kappa shape index (κ1) is 29.6. The summed E-state index contributed by atoms with van der Waals surface area (Å²) in [5.41, 5.74) is -3.16. The Kier molecular flexibility index (Phi) is 8.90. The van der Waals surface area contributed by atoms with Crippen molar-refractivity contribution >= 4 is 23.6 Å². The van der Waals surface area contributed by atoms with E-state index in [9.17, 15) is 41.0 Å². The van der Waals surface area contributed by atoms with Crippen LogP contribution in [0.1, 0.15) is 53.7 Å². The molecule has 208 valence electrons. The number of carbonyl (C=O) groups is 2. The average molecular weight is 565 g/mol. The quantitative estimate of drug-likeness (QED) is 0.377. The van der Waals surface area contributed by atoms with Crippen LogP contribution in [-0.4, -0.2) is 52.1 Å². The van der Waals surface area contributed by atoms with Crippen LogP contribution < -0.4 is 0 Å². The molecule has 0 saturated carbocycles. The Bertz CT molecular complexity index is 1120. The van der Waals surface area contributed by atoms with Gasteiger partial charge in [-0.2, -0.15) is 26.3 Å². The summed E-state index contributed by atoms with van der Waals surface area (Å²) in [6.07, 6.45) is -10.8. The summed E-state index contributed by atoms with van der Waals surface area (Å²) in [5.74, 6) is -0.962. The van der Waals surface area contributed by atoms with Gasteiger partial charge in [-0.3, -0.25) is 4.79 Å². The average Bonchev–Trinajstić information content (AvgIpc) is 2.82. The Labute approximate surface area is 221 Å². The van der Waals surface area contributed by atoms with Gasteiger partial charge in [-0.05, 0) is 61.1 Å². The van der Waals surface area contributed by atoms with Crippen LogP contribution in [0.2, 0.25) is 5.02 Å². The van der Waals surface area contributed by atoms with Crippen molar-refractivity contribution in [2.45, 2.75) is 57.5 Å². The van der Waals surface area contributed by atoms with Crippen molar-refractivity contribution < 1.29 is 41.0 Å². The minimum atomic E-state index is -5.09. The summed E-state index contributed by atoms with van der Waals surface area (Å²) >= 11 is 5.94. The molecule has 1 saturated heterocycles. The molecule has 0 aliphatic carbocycles. The Morgan fingerprint density at radius 2 is 1.58 bits per heavy atom. The molecule has 38 heavy (non-hydrogen) atoms. The normalized spacial score (nSPS) is 18.5. The summed E-state index contributed by atoms with van der Waals surface area (Å²) < 4.78 is 80.4. The summed E-state index contributed by atoms with van der Waals surface area (Å²) in [4.78, 5) is 27.9. The first-order chi connectivity index (χ1) is 17.6. The van der Waals surface area contributed by atoms with Gasteiger partial charge in [-0.15, -0.1) is 0 Å². The van der Waals surface area contributed by atoms with Crippen LogP contribution >= 0.6 is 11.6 Å². The Morgan fingerprint density at radius 1 is 1.03 bits per heavy atom. The Hall–Kier alpha value is -2.95. The van der Waals surface area contributed by atoms with Crippen molar-refractivity contribution in [1.29, 1.82) is 0 Å². The second-order valence-corrected chi connectivity index (χ2v) is 10.2. The molecule has 12 heteroatoms. The van der Waals surface area contributed by atoms with Crippen LogP contribution in [0.15, 0.2) is 42.5 Å². The van der Waals surface area contributed by atoms with Crippen LogP contribution in [0, 0.1) is 5.92 Å². The predicted octanol–water partition coefficient (Wildman–Crippen LogP) is 7.23. The van der Waals surface area contributed by atoms with Gasteiger partial charge in [0.15, 0.2) is 0 Å². The minimum Gasteiger partial charge on any atom is -0.465 e. The molecule has 1 aliphatic heterocycles. The van der Waals surface area contributed by atoms with Gasteiger partial charge in [0.05, 0.1) is 11.1 Å². The van der Waals surface area contributed by atoms with Gasteiger partial charge < -0.3 is 14.9 Å². The van der Waals surface area contributed by atoms with Crippen molar-refractivity contribution in [2.24, 2.45) is 5.92 Å². The monoisotopic (exact) mass is 564 g/mol. The number of rotatable bonds is 6. The number of carboxylic acid groups (broad SMARTS) is 1. The molecule has 0 radical (unpaired) electrons. The number of benzene rings is 2. The third kappa shape index (κ3) is 7.33. The third-order valence-electron chi connectivity index (χ3n) is 6.42. The van der Waals surface area contributed by atoms with Gasteiger partial charge in [0, 0.05) is 35.8 Å². The molecular weight excluding hydrogens is 538 g/mol. The molecule has 1 heterocycles. The van der Waals surface area contributed by atoms with Crippen molar-refractivity contribution in [3.8, 4) is 0 Å². The Balaban J connectivity index is 2.00. The number of amides is 2. The third-order valence-corrected chi connectivity index (χ3v) is 6.67. The Morgan fingerprint density at radius 3 is 2.05 bits per heavy atom. The predicted molar refractivity (Wildman–Crippen MR) is 129 cm³/mol. The molecule has 2 atom stereocenters. The lowest BCUT2D eigenvalue weighted by Gasteiger charge is -2.43. The molecule has 0 spiro atoms. The highest BCUT2D eigenvalue weighted by Crippen LogP contribution is 2.37. The maximum Gasteiger partial charge on any atom is 0.416 e. The fraction of sp³-hybridized carbons (Fsp3) is 0.462. The molecule has 1 fully saturated rings. The van der Waals surface area contributed by atoms with E-state index < -0.39 is 53.1 Å². The van der Waals surface area contributed by atoms with E-state index in [-0.39, 0.29) is 44.3 Å². The highest BCUT2D eigenvalue weighted by Gasteiger charge is 2.40. The fourth-order valence-electron chi connectivity index (χ4n) is 4.69. The van der Waals surface area contributed by atoms with Gasteiger partial charge in [0.1, 0.15) is 0 Å². The number of hydrogen-bond acceptors (Lipinski definition) is 2. The number of piperidine rings is 1. The van der Waals surface area contributed by atoms with Gasteiger partial charge in [0.25, 0.3) is 5.91 Å². The number of hydrogen-bond donors (Lipinski definition) is 1. The molecule has 1 aliphatic rings. The number of nitrogens with zero attached hydrogens (tertiary/aromatic N) is 2. The molecule has 2 aromatic carbocycles. The molecule has 2 aromatic rings. The summed E-state index contributed by atoms with van der Waals surface area (Å²) in [7, 11) is 0. The van der Waals surface area contributed by atoms with E-state index in [1.807, 2.05) is 13.8 Å². The zero-order valence-corrected chi connectivity index (χ0v) is 21.4. The zero-order valence-electron chi connectivity index (χ0n) is 20.6. The molecule has 1 N–H and O–H groups in total. The van der Waals surface area contributed by atoms with Gasteiger partial charge in [-0.25, -0.2) is 4.79 Å². The lowest BCUT2D eigenvalue weighted by atomic mass is 9.90. The van der Waals surface area contributed by atoms with E-state index in [1.54, 1.807) is 24.3 Å². The first-order valence-corrected chi connectivity index (χ1v) is 12.3. The van der Waals surface area contributed by atoms with Crippen LogP contribution in [0.4, 0.5) is 31.1 Å². The fourth-order valence-corrected chi connectivity index (χ4v) is 4.81. The zero-order chi connectivity index (χ0) is 28.4. The van der Waals surface area contributed by atoms with E-state index in [0.29, 0.717) is 17.2 Å². The smallest absolute Gasteiger partial charge is 0.416 e. The molecule has 5 nitrogen and oxygen atoms in total. The second kappa shape index (κ2) is 11.4. The molecular formula is C26H27ClF6N2O3. The number of halogens is 7. The van der Waals surface area contributed by atoms with E-state index in [4.69, 9.17) is 11.6 Å². The van der Waals surface area contributed by atoms with Crippen molar-refractivity contribution in [3.63, 3.8) is 0 Å². The minimum absolute atomic E-state index is 0.0198. The standard InChI is InChI=1S/C26H27ClF6N2O3/c1-15(2)14-35(24(37)38)21-7-8-34(22(13-21)9-16-3-5-20(27)6-4-16)23(36)17-10-18(25(28,29)30)12-19(11-17)26(31,32)33/h3-6,10-12,15,21-22H,7-9,13-14H2,1-2H3,(H,37,38)/t21-,22+/m0/s1. The number of likely N-dealkylation sites (tertiary alicyclic amines) is 1. The number of carbonyl (C=O) groups excluding carboxylic acids is 1. The van der Waals surface area contributed by atoms with Gasteiger partial charge >= 0.3 is 18.4 Å². The molecule has 2 amide bonds. The van der Waals surface area contributed by atoms with Crippen LogP contribution in [0.3, 0.4) is 0 Å². The molecule has 0 unspecified atom stereocenters. The van der Waals surface area contributed by atoms with Crippen LogP contribution in [0.25, 0.3) is 0 Å². The van der Waals surface area contributed by atoms with E-state index in [2.05, 4.69) is 0 Å². The van der Waals surface area contributed by atoms with Crippen LogP contribution in [0.5, 0.6) is 0 Å². The maximum absolute atomic E-state index is 13.4. The van der Waals surface area contributed by atoms with Crippen LogP contribution in [-0.2, 0) is 18.8 Å². The maximum atomic E-state index is 13.4. The van der Waals surface area contributed by atoms with Crippen molar-refractivity contribution in [3.05, 3.63) is 69.7 Å². The van der Waals surface area contributed by atoms with Crippen molar-refractivity contribution in [1.82, 2.24) is 9.80 Å². The van der Waals surface area contributed by atoms with Gasteiger partial charge in [-0.1, -0.05) is 37.6 Å². The summed E-state index contributed by atoms with van der Waals surface area (Å²) in [5, 5.41) is 10.2. The molecule has 0 aromatic heterocycles. The highest BCUT2D eigenvalue weighted by molar-refractivity contribution is 6.30. The second-order valence-electron chi connectivity index (χ2n) is 9.78. The largest absolute Gasteiger partial charge is 0.465 e. The van der Waals surface area contributed by atoms with Crippen molar-refractivity contribution in [2.75, 3.05) is 13.1 Å². The lowest BCUT2D eigenvalue weighted by molar-refractivity contribution is -0.143. The number of alkyl halides is 6. The van der Waals surface area contributed by atoms with Gasteiger partial charge in [0.2, 0.25) is 0 Å². The highest BCUT2D eigenvalue weighted by atomic mass is 35.5. The SMILES string of the molecule is CC(C)CN(C(=O)O)[C@H]1CCN(C(=O)c2cc(C(F)(F)F)cc(C(F)(F)F)c2)[C@H](Cc2ccc(Cl)cc2)C1. The van der Waals surface area contributed by atoms with E-state index >= 15 is 0 Å². The van der Waals surface area contributed by atoms with E-state index in [0.717, 1.165) is 5.56 Å². The molecule has 0 bridgehead atoms. The lowest BCUT2D eigenvalue weighted by Crippen LogP contribution is -2.54. The summed E-state index contributed by atoms with van der Waals surface area (Å²) in [6, 6.07) is 6.29. The van der Waals surface area contributed by atoms with E-state index in [1.165, 1.54) is 9.80 Å².